The summed E-state index contributed by atoms with van der Waals surface area (Å²) >= 11 is 0. The summed E-state index contributed by atoms with van der Waals surface area (Å²) in [7, 11) is -3.36. The van der Waals surface area contributed by atoms with Crippen molar-refractivity contribution in [2.45, 2.75) is 31.3 Å². The van der Waals surface area contributed by atoms with Crippen LogP contribution in [-0.2, 0) is 16.6 Å². The van der Waals surface area contributed by atoms with E-state index in [-0.39, 0.29) is 6.04 Å². The molecule has 0 aliphatic carbocycles. The van der Waals surface area contributed by atoms with Gasteiger partial charge < -0.3 is 0 Å². The Morgan fingerprint density at radius 1 is 1.11 bits per heavy atom. The van der Waals surface area contributed by atoms with Crippen LogP contribution in [0.5, 0.6) is 0 Å². The molecule has 1 aliphatic heterocycles. The van der Waals surface area contributed by atoms with Crippen molar-refractivity contribution in [3.8, 4) is 0 Å². The van der Waals surface area contributed by atoms with E-state index < -0.39 is 10.0 Å². The summed E-state index contributed by atoms with van der Waals surface area (Å²) in [6, 6.07) is 11.4. The Kier molecular flexibility index (Phi) is 2.47. The SMILES string of the molecule is CC(C)N1Cc2cccc3cccc(c23)S1(=O)=O. The quantitative estimate of drug-likeness (QED) is 0.791. The third-order valence-corrected chi connectivity index (χ3v) is 5.51. The zero-order valence-electron chi connectivity index (χ0n) is 10.4. The summed E-state index contributed by atoms with van der Waals surface area (Å²) in [5, 5.41) is 1.88. The average molecular weight is 261 g/mol. The van der Waals surface area contributed by atoms with Gasteiger partial charge in [-0.15, -0.1) is 0 Å². The first kappa shape index (κ1) is 11.7. The molecule has 4 heteroatoms. The van der Waals surface area contributed by atoms with E-state index in [9.17, 15) is 8.42 Å². The minimum Gasteiger partial charge on any atom is -0.207 e. The second-order valence-electron chi connectivity index (χ2n) is 4.92. The molecule has 0 saturated heterocycles. The molecule has 0 unspecified atom stereocenters. The minimum absolute atomic E-state index is 0.0291. The van der Waals surface area contributed by atoms with Crippen LogP contribution >= 0.6 is 0 Å². The van der Waals surface area contributed by atoms with Gasteiger partial charge in [0.25, 0.3) is 0 Å². The minimum atomic E-state index is -3.36. The van der Waals surface area contributed by atoms with Crippen LogP contribution in [0.2, 0.25) is 0 Å². The Balaban J connectivity index is 2.40. The van der Waals surface area contributed by atoms with Crippen molar-refractivity contribution in [2.24, 2.45) is 0 Å². The van der Waals surface area contributed by atoms with Gasteiger partial charge in [-0.1, -0.05) is 30.3 Å². The summed E-state index contributed by atoms with van der Waals surface area (Å²) in [6.45, 7) is 4.28. The van der Waals surface area contributed by atoms with Crippen LogP contribution in [0.15, 0.2) is 41.3 Å². The highest BCUT2D eigenvalue weighted by Crippen LogP contribution is 2.35. The van der Waals surface area contributed by atoms with E-state index in [1.807, 2.05) is 44.2 Å². The van der Waals surface area contributed by atoms with Crippen LogP contribution in [0.3, 0.4) is 0 Å². The first-order chi connectivity index (χ1) is 8.51. The third kappa shape index (κ3) is 1.49. The fourth-order valence-electron chi connectivity index (χ4n) is 2.57. The van der Waals surface area contributed by atoms with Gasteiger partial charge in [0.1, 0.15) is 0 Å². The van der Waals surface area contributed by atoms with Crippen LogP contribution in [-0.4, -0.2) is 18.8 Å². The zero-order chi connectivity index (χ0) is 12.9. The fourth-order valence-corrected chi connectivity index (χ4v) is 4.44. The van der Waals surface area contributed by atoms with Crippen molar-refractivity contribution < 1.29 is 8.42 Å². The Morgan fingerprint density at radius 3 is 2.44 bits per heavy atom. The monoisotopic (exact) mass is 261 g/mol. The lowest BCUT2D eigenvalue weighted by Crippen LogP contribution is -2.38. The van der Waals surface area contributed by atoms with Gasteiger partial charge in [0.15, 0.2) is 0 Å². The number of sulfonamides is 1. The Morgan fingerprint density at radius 2 is 1.78 bits per heavy atom. The highest BCUT2D eigenvalue weighted by atomic mass is 32.2. The van der Waals surface area contributed by atoms with E-state index in [0.29, 0.717) is 11.4 Å². The molecule has 3 nitrogen and oxygen atoms in total. The molecule has 0 spiro atoms. The average Bonchev–Trinajstić information content (AvgIpc) is 2.33. The van der Waals surface area contributed by atoms with Crippen molar-refractivity contribution in [1.82, 2.24) is 4.31 Å². The summed E-state index contributed by atoms with van der Waals surface area (Å²) < 4.78 is 26.7. The number of nitrogens with zero attached hydrogens (tertiary/aromatic N) is 1. The molecule has 0 radical (unpaired) electrons. The molecule has 0 atom stereocenters. The molecule has 0 amide bonds. The molecule has 0 saturated carbocycles. The Labute approximate surface area is 107 Å². The largest absolute Gasteiger partial charge is 0.244 e. The molecule has 3 rings (SSSR count). The van der Waals surface area contributed by atoms with Gasteiger partial charge in [0.05, 0.1) is 4.90 Å². The van der Waals surface area contributed by atoms with Gasteiger partial charge in [-0.3, -0.25) is 0 Å². The lowest BCUT2D eigenvalue weighted by Gasteiger charge is -2.31. The molecule has 94 valence electrons. The van der Waals surface area contributed by atoms with Crippen LogP contribution in [0.25, 0.3) is 10.8 Å². The maximum absolute atomic E-state index is 12.6. The second-order valence-corrected chi connectivity index (χ2v) is 6.77. The van der Waals surface area contributed by atoms with Crippen LogP contribution in [0, 0.1) is 0 Å². The molecule has 0 N–H and O–H groups in total. The van der Waals surface area contributed by atoms with E-state index in [1.54, 1.807) is 10.4 Å². The number of rotatable bonds is 1. The first-order valence-corrected chi connectivity index (χ1v) is 7.48. The van der Waals surface area contributed by atoms with Crippen molar-refractivity contribution in [1.29, 1.82) is 0 Å². The highest BCUT2D eigenvalue weighted by molar-refractivity contribution is 7.89. The normalized spacial score (nSPS) is 18.4. The van der Waals surface area contributed by atoms with Gasteiger partial charge in [-0.2, -0.15) is 4.31 Å². The summed E-state index contributed by atoms with van der Waals surface area (Å²) in [5.74, 6) is 0. The summed E-state index contributed by atoms with van der Waals surface area (Å²) in [5.41, 5.74) is 1.09. The van der Waals surface area contributed by atoms with Crippen LogP contribution in [0.4, 0.5) is 0 Å². The van der Waals surface area contributed by atoms with Crippen LogP contribution < -0.4 is 0 Å². The number of hydrogen-bond donors (Lipinski definition) is 0. The van der Waals surface area contributed by atoms with Gasteiger partial charge in [-0.25, -0.2) is 8.42 Å². The molecule has 1 heterocycles. The lowest BCUT2D eigenvalue weighted by atomic mass is 10.0. The Bertz CT molecular complexity index is 714. The van der Waals surface area contributed by atoms with E-state index in [1.165, 1.54) is 0 Å². The summed E-state index contributed by atoms with van der Waals surface area (Å²) in [4.78, 5) is 0.440. The van der Waals surface area contributed by atoms with Gasteiger partial charge >= 0.3 is 0 Å². The molecule has 0 aromatic heterocycles. The fraction of sp³-hybridized carbons (Fsp3) is 0.286. The number of hydrogen-bond acceptors (Lipinski definition) is 2. The Hall–Kier alpha value is -1.39. The first-order valence-electron chi connectivity index (χ1n) is 6.04. The van der Waals surface area contributed by atoms with E-state index in [2.05, 4.69) is 0 Å². The second kappa shape index (κ2) is 3.80. The van der Waals surface area contributed by atoms with Crippen molar-refractivity contribution in [3.63, 3.8) is 0 Å². The maximum atomic E-state index is 12.6. The van der Waals surface area contributed by atoms with E-state index >= 15 is 0 Å². The van der Waals surface area contributed by atoms with E-state index in [4.69, 9.17) is 0 Å². The molecule has 18 heavy (non-hydrogen) atoms. The highest BCUT2D eigenvalue weighted by Gasteiger charge is 2.33. The molecular formula is C14H15NO2S. The van der Waals surface area contributed by atoms with E-state index in [0.717, 1.165) is 16.3 Å². The topological polar surface area (TPSA) is 37.4 Å². The maximum Gasteiger partial charge on any atom is 0.244 e. The molecular weight excluding hydrogens is 246 g/mol. The molecule has 1 aliphatic rings. The molecule has 0 fully saturated rings. The van der Waals surface area contributed by atoms with Gasteiger partial charge in [0.2, 0.25) is 10.0 Å². The summed E-state index contributed by atoms with van der Waals surface area (Å²) in [6.07, 6.45) is 0. The smallest absolute Gasteiger partial charge is 0.207 e. The standard InChI is InChI=1S/C14H15NO2S/c1-10(2)15-9-12-7-3-5-11-6-4-8-13(14(11)12)18(15,16)17/h3-8,10H,9H2,1-2H3. The predicted molar refractivity (Wildman–Crippen MR) is 71.8 cm³/mol. The third-order valence-electron chi connectivity index (χ3n) is 3.44. The number of benzene rings is 2. The van der Waals surface area contributed by atoms with Crippen LogP contribution in [0.1, 0.15) is 19.4 Å². The zero-order valence-corrected chi connectivity index (χ0v) is 11.2. The molecule has 0 bridgehead atoms. The predicted octanol–water partition coefficient (Wildman–Crippen LogP) is 2.75. The van der Waals surface area contributed by atoms with Crippen molar-refractivity contribution in [3.05, 3.63) is 42.0 Å². The lowest BCUT2D eigenvalue weighted by molar-refractivity contribution is 0.345. The van der Waals surface area contributed by atoms with Crippen molar-refractivity contribution >= 4 is 20.8 Å². The molecule has 2 aromatic carbocycles. The van der Waals surface area contributed by atoms with Crippen molar-refractivity contribution in [2.75, 3.05) is 0 Å². The van der Waals surface area contributed by atoms with Gasteiger partial charge in [-0.05, 0) is 30.9 Å². The van der Waals surface area contributed by atoms with Gasteiger partial charge in [0, 0.05) is 18.0 Å². The molecule has 2 aromatic rings.